The molecule has 1 aromatic heterocycles. The molecule has 0 bridgehead atoms. The number of benzene rings is 2. The monoisotopic (exact) mass is 431 g/mol. The van der Waals surface area contributed by atoms with Gasteiger partial charge >= 0.3 is 0 Å². The average Bonchev–Trinajstić information content (AvgIpc) is 2.80. The molecule has 0 aliphatic carbocycles. The Bertz CT molecular complexity index is 1120. The predicted molar refractivity (Wildman–Crippen MR) is 130 cm³/mol. The van der Waals surface area contributed by atoms with Crippen molar-refractivity contribution in [1.29, 1.82) is 0 Å². The quantitative estimate of drug-likeness (QED) is 0.610. The van der Waals surface area contributed by atoms with E-state index in [0.29, 0.717) is 17.4 Å². The Balaban J connectivity index is 1.40. The zero-order valence-electron chi connectivity index (χ0n) is 18.8. The molecule has 0 saturated carbocycles. The molecule has 3 heterocycles. The van der Waals surface area contributed by atoms with E-state index in [2.05, 4.69) is 56.3 Å². The van der Waals surface area contributed by atoms with Crippen LogP contribution in [-0.4, -0.2) is 62.3 Å². The first-order valence-electron chi connectivity index (χ1n) is 10.9. The molecule has 2 aliphatic rings. The second kappa shape index (κ2) is 8.20. The van der Waals surface area contributed by atoms with Crippen LogP contribution in [0.25, 0.3) is 11.3 Å². The van der Waals surface area contributed by atoms with E-state index in [1.165, 1.54) is 5.69 Å². The van der Waals surface area contributed by atoms with Gasteiger partial charge in [0.05, 0.1) is 30.4 Å². The van der Waals surface area contributed by atoms with Gasteiger partial charge < -0.3 is 30.5 Å². The molecule has 3 aromatic rings. The first kappa shape index (κ1) is 20.4. The first-order chi connectivity index (χ1) is 15.5. The number of hydrogen-bond acceptors (Lipinski definition) is 8. The van der Waals surface area contributed by atoms with Crippen molar-refractivity contribution in [1.82, 2.24) is 14.9 Å². The van der Waals surface area contributed by atoms with Crippen LogP contribution in [0.1, 0.15) is 5.56 Å². The summed E-state index contributed by atoms with van der Waals surface area (Å²) in [5.74, 6) is 1.22. The van der Waals surface area contributed by atoms with E-state index in [9.17, 15) is 0 Å². The first-order valence-corrected chi connectivity index (χ1v) is 10.9. The van der Waals surface area contributed by atoms with Crippen LogP contribution in [0.4, 0.5) is 28.7 Å². The maximum atomic E-state index is 6.13. The molecular formula is C24H29N7O. The van der Waals surface area contributed by atoms with Crippen molar-refractivity contribution in [2.75, 3.05) is 68.2 Å². The third-order valence-corrected chi connectivity index (χ3v) is 6.29. The Kier molecular flexibility index (Phi) is 5.22. The van der Waals surface area contributed by atoms with Crippen LogP contribution in [0.15, 0.2) is 42.6 Å². The van der Waals surface area contributed by atoms with Crippen molar-refractivity contribution >= 4 is 28.7 Å². The largest absolute Gasteiger partial charge is 0.495 e. The lowest BCUT2D eigenvalue weighted by Crippen LogP contribution is -2.44. The molecule has 0 amide bonds. The van der Waals surface area contributed by atoms with E-state index in [1.807, 2.05) is 25.4 Å². The Morgan fingerprint density at radius 2 is 1.78 bits per heavy atom. The Hall–Kier alpha value is -3.52. The van der Waals surface area contributed by atoms with Crippen LogP contribution in [0.5, 0.6) is 5.75 Å². The normalized spacial score (nSPS) is 15.8. The third kappa shape index (κ3) is 3.78. The maximum absolute atomic E-state index is 6.13. The molecule has 166 valence electrons. The highest BCUT2D eigenvalue weighted by Crippen LogP contribution is 2.41. The van der Waals surface area contributed by atoms with Crippen LogP contribution >= 0.6 is 0 Å². The van der Waals surface area contributed by atoms with Gasteiger partial charge in [-0.25, -0.2) is 9.97 Å². The van der Waals surface area contributed by atoms with Gasteiger partial charge in [0.2, 0.25) is 5.95 Å². The number of anilines is 5. The van der Waals surface area contributed by atoms with Gasteiger partial charge in [0.15, 0.2) is 0 Å². The van der Waals surface area contributed by atoms with Gasteiger partial charge in [-0.05, 0) is 49.0 Å². The number of likely N-dealkylation sites (N-methyl/N-ethyl adjacent to an activating group) is 1. The van der Waals surface area contributed by atoms with Crippen LogP contribution in [0, 0.1) is 0 Å². The molecule has 32 heavy (non-hydrogen) atoms. The highest BCUT2D eigenvalue weighted by atomic mass is 16.5. The lowest BCUT2D eigenvalue weighted by molar-refractivity contribution is 0.313. The number of nitrogen functional groups attached to an aromatic ring is 1. The molecule has 0 unspecified atom stereocenters. The minimum absolute atomic E-state index is 0.563. The molecule has 0 spiro atoms. The zero-order chi connectivity index (χ0) is 22.2. The average molecular weight is 432 g/mol. The number of ether oxygens (including phenoxy) is 1. The highest BCUT2D eigenvalue weighted by molar-refractivity contribution is 5.83. The van der Waals surface area contributed by atoms with Crippen molar-refractivity contribution in [3.63, 3.8) is 0 Å². The molecule has 8 nitrogen and oxygen atoms in total. The number of hydrogen-bond donors (Lipinski definition) is 2. The van der Waals surface area contributed by atoms with E-state index in [-0.39, 0.29) is 0 Å². The summed E-state index contributed by atoms with van der Waals surface area (Å²) in [4.78, 5) is 16.3. The Morgan fingerprint density at radius 1 is 1.03 bits per heavy atom. The third-order valence-electron chi connectivity index (χ3n) is 6.29. The summed E-state index contributed by atoms with van der Waals surface area (Å²) in [6.45, 7) is 5.04. The number of rotatable bonds is 4. The number of nitrogens with zero attached hydrogens (tertiary/aromatic N) is 5. The maximum Gasteiger partial charge on any atom is 0.227 e. The van der Waals surface area contributed by atoms with Gasteiger partial charge in [-0.2, -0.15) is 0 Å². The van der Waals surface area contributed by atoms with Crippen LogP contribution in [0.2, 0.25) is 0 Å². The fraction of sp³-hybridized carbons (Fsp3) is 0.333. The van der Waals surface area contributed by atoms with Gasteiger partial charge in [0.1, 0.15) is 5.75 Å². The van der Waals surface area contributed by atoms with E-state index < -0.39 is 0 Å². The smallest absolute Gasteiger partial charge is 0.227 e. The second-order valence-corrected chi connectivity index (χ2v) is 8.50. The molecule has 0 radical (unpaired) electrons. The highest BCUT2D eigenvalue weighted by Gasteiger charge is 2.24. The van der Waals surface area contributed by atoms with Crippen LogP contribution < -0.4 is 25.6 Å². The molecule has 1 saturated heterocycles. The Morgan fingerprint density at radius 3 is 2.50 bits per heavy atom. The molecule has 2 aliphatic heterocycles. The van der Waals surface area contributed by atoms with Gasteiger partial charge in [-0.1, -0.05) is 0 Å². The molecule has 5 rings (SSSR count). The number of aromatic nitrogens is 2. The summed E-state index contributed by atoms with van der Waals surface area (Å²) in [5.41, 5.74) is 13.0. The zero-order valence-corrected chi connectivity index (χ0v) is 18.8. The molecule has 8 heteroatoms. The molecular weight excluding hydrogens is 402 g/mol. The minimum Gasteiger partial charge on any atom is -0.495 e. The summed E-state index contributed by atoms with van der Waals surface area (Å²) in [6.07, 6.45) is 1.87. The number of nitrogens with one attached hydrogen (secondary N) is 1. The van der Waals surface area contributed by atoms with Crippen LogP contribution in [0.3, 0.4) is 0 Å². The van der Waals surface area contributed by atoms with Gasteiger partial charge in [0, 0.05) is 56.7 Å². The number of methoxy groups -OCH3 is 1. The molecule has 1 fully saturated rings. The molecule has 0 atom stereocenters. The van der Waals surface area contributed by atoms with Crippen molar-refractivity contribution in [3.05, 3.63) is 48.2 Å². The van der Waals surface area contributed by atoms with E-state index in [0.717, 1.165) is 60.9 Å². The van der Waals surface area contributed by atoms with Crippen molar-refractivity contribution in [3.8, 4) is 17.0 Å². The van der Waals surface area contributed by atoms with Crippen molar-refractivity contribution < 1.29 is 4.74 Å². The molecule has 2 aromatic carbocycles. The van der Waals surface area contributed by atoms with E-state index in [1.54, 1.807) is 7.11 Å². The standard InChI is InChI=1S/C24H29N7O/c1-29-8-10-31(11-9-29)18-6-4-17(5-7-18)27-24-26-14-21-23(28-24)19-13-22(32-3)20(25)12-16(19)15-30(21)2/h4-7,12-14H,8-11,15,25H2,1-3H3,(H,26,27,28). The van der Waals surface area contributed by atoms with Crippen LogP contribution in [-0.2, 0) is 6.54 Å². The lowest BCUT2D eigenvalue weighted by Gasteiger charge is -2.34. The summed E-state index contributed by atoms with van der Waals surface area (Å²) < 4.78 is 5.44. The fourth-order valence-electron chi connectivity index (χ4n) is 4.38. The summed E-state index contributed by atoms with van der Waals surface area (Å²) in [6, 6.07) is 12.4. The van der Waals surface area contributed by atoms with E-state index in [4.69, 9.17) is 15.5 Å². The number of nitrogens with two attached hydrogens (primary N) is 1. The summed E-state index contributed by atoms with van der Waals surface area (Å²) >= 11 is 0. The van der Waals surface area contributed by atoms with Crippen molar-refractivity contribution in [2.24, 2.45) is 0 Å². The fourth-order valence-corrected chi connectivity index (χ4v) is 4.38. The molecule has 3 N–H and O–H groups in total. The lowest BCUT2D eigenvalue weighted by atomic mass is 9.97. The van der Waals surface area contributed by atoms with E-state index >= 15 is 0 Å². The van der Waals surface area contributed by atoms with Gasteiger partial charge in [0.25, 0.3) is 0 Å². The predicted octanol–water partition coefficient (Wildman–Crippen LogP) is 3.18. The summed E-state index contributed by atoms with van der Waals surface area (Å²) in [5, 5.41) is 3.35. The van der Waals surface area contributed by atoms with Crippen molar-refractivity contribution in [2.45, 2.75) is 6.54 Å². The number of piperazine rings is 1. The Labute approximate surface area is 188 Å². The second-order valence-electron chi connectivity index (χ2n) is 8.50. The minimum atomic E-state index is 0.563. The summed E-state index contributed by atoms with van der Waals surface area (Å²) in [7, 11) is 5.84. The van der Waals surface area contributed by atoms with Gasteiger partial charge in [-0.15, -0.1) is 0 Å². The topological polar surface area (TPSA) is 82.8 Å². The number of fused-ring (bicyclic) bond motifs is 3. The van der Waals surface area contributed by atoms with Gasteiger partial charge in [-0.3, -0.25) is 0 Å². The SMILES string of the molecule is COc1cc2c(cc1N)CN(C)c1cnc(Nc3ccc(N4CCN(C)CC4)cc3)nc1-2.